The van der Waals surface area contributed by atoms with E-state index in [4.69, 9.17) is 14.2 Å². The van der Waals surface area contributed by atoms with E-state index in [2.05, 4.69) is 15.3 Å². The van der Waals surface area contributed by atoms with E-state index >= 15 is 0 Å². The molecule has 0 amide bonds. The molecule has 2 aliphatic heterocycles. The summed E-state index contributed by atoms with van der Waals surface area (Å²) in [5.74, 6) is 1.79. The molecule has 0 aliphatic carbocycles. The maximum atomic E-state index is 14.1. The predicted octanol–water partition coefficient (Wildman–Crippen LogP) is 1.88. The van der Waals surface area contributed by atoms with Gasteiger partial charge in [-0.2, -0.15) is 4.98 Å². The lowest BCUT2D eigenvalue weighted by Gasteiger charge is -2.29. The first-order valence-electron chi connectivity index (χ1n) is 8.65. The van der Waals surface area contributed by atoms with Crippen LogP contribution in [0.2, 0.25) is 0 Å². The third kappa shape index (κ3) is 3.37. The molecule has 2 aromatic rings. The second-order valence-electron chi connectivity index (χ2n) is 6.27. The summed E-state index contributed by atoms with van der Waals surface area (Å²) in [6.07, 6.45) is 1.96. The van der Waals surface area contributed by atoms with Crippen LogP contribution in [0.1, 0.15) is 5.56 Å². The molecule has 1 aromatic carbocycles. The van der Waals surface area contributed by atoms with Gasteiger partial charge in [0, 0.05) is 18.7 Å². The quantitative estimate of drug-likeness (QED) is 0.893. The molecule has 26 heavy (non-hydrogen) atoms. The van der Waals surface area contributed by atoms with Gasteiger partial charge in [0.15, 0.2) is 23.1 Å². The van der Waals surface area contributed by atoms with Crippen LogP contribution in [-0.2, 0) is 11.2 Å². The van der Waals surface area contributed by atoms with E-state index in [-0.39, 0.29) is 6.04 Å². The Balaban J connectivity index is 1.49. The molecule has 1 aromatic heterocycles. The van der Waals surface area contributed by atoms with Crippen molar-refractivity contribution in [1.29, 1.82) is 0 Å². The van der Waals surface area contributed by atoms with Crippen molar-refractivity contribution in [2.45, 2.75) is 12.5 Å². The van der Waals surface area contributed by atoms with Crippen LogP contribution in [0.25, 0.3) is 0 Å². The summed E-state index contributed by atoms with van der Waals surface area (Å²) >= 11 is 0. The summed E-state index contributed by atoms with van der Waals surface area (Å²) in [6, 6.07) is 5.83. The molecule has 1 unspecified atom stereocenters. The lowest BCUT2D eigenvalue weighted by Crippen LogP contribution is -2.38. The largest absolute Gasteiger partial charge is 0.493 e. The number of rotatable bonds is 4. The zero-order chi connectivity index (χ0) is 17.9. The normalized spacial score (nSPS) is 19.5. The Kier molecular flexibility index (Phi) is 4.75. The van der Waals surface area contributed by atoms with Crippen LogP contribution in [0.5, 0.6) is 11.5 Å². The van der Waals surface area contributed by atoms with Crippen molar-refractivity contribution in [1.82, 2.24) is 9.97 Å². The number of hydrogen-bond acceptors (Lipinski definition) is 7. The number of para-hydroxylation sites is 1. The minimum Gasteiger partial charge on any atom is -0.493 e. The molecule has 7 nitrogen and oxygen atoms in total. The van der Waals surface area contributed by atoms with E-state index in [0.717, 1.165) is 23.5 Å². The molecular formula is C18H21FN4O3. The maximum Gasteiger partial charge on any atom is 0.225 e. The highest BCUT2D eigenvalue weighted by atomic mass is 19.1. The van der Waals surface area contributed by atoms with Gasteiger partial charge in [0.05, 0.1) is 32.6 Å². The third-order valence-corrected chi connectivity index (χ3v) is 4.54. The first kappa shape index (κ1) is 16.8. The molecule has 1 fully saturated rings. The minimum absolute atomic E-state index is 0.00222. The lowest BCUT2D eigenvalue weighted by atomic mass is 10.0. The van der Waals surface area contributed by atoms with Crippen LogP contribution in [0.3, 0.4) is 0 Å². The van der Waals surface area contributed by atoms with Crippen molar-refractivity contribution in [3.8, 4) is 11.5 Å². The van der Waals surface area contributed by atoms with Crippen LogP contribution in [-0.4, -0.2) is 56.0 Å². The first-order valence-corrected chi connectivity index (χ1v) is 8.65. The fourth-order valence-electron chi connectivity index (χ4n) is 3.25. The van der Waals surface area contributed by atoms with Crippen molar-refractivity contribution < 1.29 is 18.6 Å². The maximum absolute atomic E-state index is 14.1. The molecule has 1 atom stereocenters. The average Bonchev–Trinajstić information content (AvgIpc) is 2.69. The topological polar surface area (TPSA) is 68.7 Å². The monoisotopic (exact) mass is 360 g/mol. The second-order valence-corrected chi connectivity index (χ2v) is 6.27. The number of benzene rings is 1. The van der Waals surface area contributed by atoms with Crippen LogP contribution in [0, 0.1) is 5.82 Å². The van der Waals surface area contributed by atoms with Crippen LogP contribution < -0.4 is 19.7 Å². The van der Waals surface area contributed by atoms with Crippen molar-refractivity contribution in [2.24, 2.45) is 0 Å². The Labute approximate surface area is 151 Å². The van der Waals surface area contributed by atoms with Crippen molar-refractivity contribution in [3.63, 3.8) is 0 Å². The number of nitrogens with one attached hydrogen (secondary N) is 1. The Morgan fingerprint density at radius 3 is 2.96 bits per heavy atom. The molecule has 0 bridgehead atoms. The van der Waals surface area contributed by atoms with E-state index in [1.807, 2.05) is 23.1 Å². The van der Waals surface area contributed by atoms with Gasteiger partial charge in [0.1, 0.15) is 6.61 Å². The molecule has 0 spiro atoms. The zero-order valence-electron chi connectivity index (χ0n) is 14.6. The molecule has 138 valence electrons. The highest BCUT2D eigenvalue weighted by molar-refractivity contribution is 5.49. The average molecular weight is 360 g/mol. The molecule has 0 saturated carbocycles. The van der Waals surface area contributed by atoms with E-state index in [9.17, 15) is 4.39 Å². The summed E-state index contributed by atoms with van der Waals surface area (Å²) in [5.41, 5.74) is 1.06. The number of hydrogen-bond donors (Lipinski definition) is 1. The number of morpholine rings is 1. The third-order valence-electron chi connectivity index (χ3n) is 4.54. The van der Waals surface area contributed by atoms with Gasteiger partial charge in [0.2, 0.25) is 5.95 Å². The van der Waals surface area contributed by atoms with E-state index < -0.39 is 5.82 Å². The zero-order valence-corrected chi connectivity index (χ0v) is 14.6. The highest BCUT2D eigenvalue weighted by Crippen LogP contribution is 2.35. The van der Waals surface area contributed by atoms with Gasteiger partial charge in [-0.15, -0.1) is 0 Å². The van der Waals surface area contributed by atoms with E-state index in [1.165, 1.54) is 6.20 Å². The molecular weight excluding hydrogens is 339 g/mol. The molecule has 0 radical (unpaired) electrons. The molecule has 1 saturated heterocycles. The number of fused-ring (bicyclic) bond motifs is 1. The number of nitrogens with zero attached hydrogens (tertiary/aromatic N) is 3. The molecule has 3 heterocycles. The van der Waals surface area contributed by atoms with Gasteiger partial charge in [-0.05, 0) is 12.5 Å². The van der Waals surface area contributed by atoms with E-state index in [1.54, 1.807) is 7.11 Å². The summed E-state index contributed by atoms with van der Waals surface area (Å²) in [6.45, 7) is 2.84. The fraction of sp³-hybridized carbons (Fsp3) is 0.444. The second kappa shape index (κ2) is 7.33. The molecule has 1 N–H and O–H groups in total. The number of ether oxygens (including phenoxy) is 3. The Morgan fingerprint density at radius 1 is 1.31 bits per heavy atom. The number of methoxy groups -OCH3 is 1. The predicted molar refractivity (Wildman–Crippen MR) is 94.6 cm³/mol. The number of aromatic nitrogens is 2. The Hall–Kier alpha value is -2.61. The van der Waals surface area contributed by atoms with Gasteiger partial charge in [0.25, 0.3) is 0 Å². The Bertz CT molecular complexity index is 783. The fourth-order valence-corrected chi connectivity index (χ4v) is 3.25. The van der Waals surface area contributed by atoms with Crippen LogP contribution in [0.4, 0.5) is 16.2 Å². The number of anilines is 2. The minimum atomic E-state index is -0.424. The first-order chi connectivity index (χ1) is 12.7. The summed E-state index contributed by atoms with van der Waals surface area (Å²) in [4.78, 5) is 10.3. The van der Waals surface area contributed by atoms with Gasteiger partial charge < -0.3 is 24.4 Å². The van der Waals surface area contributed by atoms with Crippen molar-refractivity contribution in [2.75, 3.05) is 50.2 Å². The van der Waals surface area contributed by atoms with Crippen LogP contribution in [0.15, 0.2) is 24.4 Å². The lowest BCUT2D eigenvalue weighted by molar-refractivity contribution is 0.122. The smallest absolute Gasteiger partial charge is 0.225 e. The summed E-state index contributed by atoms with van der Waals surface area (Å²) in [5, 5.41) is 3.25. The van der Waals surface area contributed by atoms with E-state index in [0.29, 0.717) is 44.7 Å². The van der Waals surface area contributed by atoms with Gasteiger partial charge in [-0.1, -0.05) is 12.1 Å². The van der Waals surface area contributed by atoms with Crippen molar-refractivity contribution in [3.05, 3.63) is 35.8 Å². The summed E-state index contributed by atoms with van der Waals surface area (Å²) < 4.78 is 30.6. The highest BCUT2D eigenvalue weighted by Gasteiger charge is 2.24. The summed E-state index contributed by atoms with van der Waals surface area (Å²) in [7, 11) is 1.63. The van der Waals surface area contributed by atoms with Gasteiger partial charge in [-0.25, -0.2) is 9.37 Å². The standard InChI is InChI=1S/C18H21FN4O3/c1-24-15-4-2-3-12-9-13(11-26-16(12)15)21-18-20-10-14(19)17(22-18)23-5-7-25-8-6-23/h2-4,10,13H,5-9,11H2,1H3,(H,20,21,22). The van der Waals surface area contributed by atoms with Gasteiger partial charge in [-0.3, -0.25) is 0 Å². The van der Waals surface area contributed by atoms with Crippen LogP contribution >= 0.6 is 0 Å². The van der Waals surface area contributed by atoms with Gasteiger partial charge >= 0.3 is 0 Å². The van der Waals surface area contributed by atoms with Crippen molar-refractivity contribution >= 4 is 11.8 Å². The molecule has 2 aliphatic rings. The number of halogens is 1. The Morgan fingerprint density at radius 2 is 2.15 bits per heavy atom. The molecule has 4 rings (SSSR count). The SMILES string of the molecule is COc1cccc2c1OCC(Nc1ncc(F)c(N3CCOCC3)n1)C2. The molecule has 8 heteroatoms.